The van der Waals surface area contributed by atoms with Gasteiger partial charge < -0.3 is 13.9 Å². The number of carbonyl (C=O) groups is 1. The molecular formula is C12H12ClNO4. The van der Waals surface area contributed by atoms with Gasteiger partial charge in [0, 0.05) is 5.41 Å². The Balaban J connectivity index is 2.60. The zero-order valence-corrected chi connectivity index (χ0v) is 10.9. The topological polar surface area (TPSA) is 76.5 Å². The molecule has 5 nitrogen and oxygen atoms in total. The highest BCUT2D eigenvalue weighted by Gasteiger charge is 2.30. The number of furan rings is 1. The van der Waals surface area contributed by atoms with Crippen molar-refractivity contribution in [3.8, 4) is 11.5 Å². The minimum atomic E-state index is -1.15. The second-order valence-electron chi connectivity index (χ2n) is 4.86. The summed E-state index contributed by atoms with van der Waals surface area (Å²) < 4.78 is 10.2. The van der Waals surface area contributed by atoms with Crippen LogP contribution in [0.15, 0.2) is 21.2 Å². The van der Waals surface area contributed by atoms with E-state index in [-0.39, 0.29) is 16.9 Å². The minimum Gasteiger partial charge on any atom is -0.475 e. The molecule has 96 valence electrons. The van der Waals surface area contributed by atoms with Gasteiger partial charge in [-0.2, -0.15) is 0 Å². The Labute approximate surface area is 108 Å². The van der Waals surface area contributed by atoms with E-state index < -0.39 is 11.4 Å². The number of aromatic carboxylic acids is 1. The molecule has 0 aliphatic rings. The van der Waals surface area contributed by atoms with E-state index in [0.717, 1.165) is 0 Å². The summed E-state index contributed by atoms with van der Waals surface area (Å²) in [5.41, 5.74) is 0.378. The van der Waals surface area contributed by atoms with Crippen LogP contribution in [0.1, 0.15) is 37.0 Å². The fraction of sp³-hybridized carbons (Fsp3) is 0.333. The van der Waals surface area contributed by atoms with E-state index in [0.29, 0.717) is 11.3 Å². The predicted octanol–water partition coefficient (Wildman–Crippen LogP) is 3.58. The smallest absolute Gasteiger partial charge is 0.373 e. The Hall–Kier alpha value is -1.75. The summed E-state index contributed by atoms with van der Waals surface area (Å²) in [5, 5.41) is 9.24. The average molecular weight is 270 g/mol. The van der Waals surface area contributed by atoms with Crippen LogP contribution in [-0.4, -0.2) is 16.1 Å². The van der Waals surface area contributed by atoms with Crippen LogP contribution in [0.25, 0.3) is 11.5 Å². The second kappa shape index (κ2) is 4.17. The molecule has 2 rings (SSSR count). The van der Waals surface area contributed by atoms with Crippen LogP contribution in [0, 0.1) is 0 Å². The second-order valence-corrected chi connectivity index (χ2v) is 5.20. The molecule has 0 unspecified atom stereocenters. The molecule has 0 aromatic carbocycles. The van der Waals surface area contributed by atoms with Crippen molar-refractivity contribution in [3.05, 3.63) is 29.0 Å². The molecule has 6 heteroatoms. The van der Waals surface area contributed by atoms with Gasteiger partial charge in [0.25, 0.3) is 0 Å². The lowest BCUT2D eigenvalue weighted by atomic mass is 9.91. The van der Waals surface area contributed by atoms with Crippen molar-refractivity contribution in [1.82, 2.24) is 4.98 Å². The Morgan fingerprint density at radius 3 is 2.50 bits per heavy atom. The molecule has 0 saturated heterocycles. The predicted molar refractivity (Wildman–Crippen MR) is 64.9 cm³/mol. The van der Waals surface area contributed by atoms with Gasteiger partial charge >= 0.3 is 5.97 Å². The molecule has 0 radical (unpaired) electrons. The minimum absolute atomic E-state index is 0.119. The number of nitrogens with zero attached hydrogens (tertiary/aromatic N) is 1. The van der Waals surface area contributed by atoms with Crippen molar-refractivity contribution < 1.29 is 18.7 Å². The average Bonchev–Trinajstić information content (AvgIpc) is 2.81. The van der Waals surface area contributed by atoms with Crippen LogP contribution in [0.4, 0.5) is 0 Å². The van der Waals surface area contributed by atoms with Gasteiger partial charge in [0.15, 0.2) is 0 Å². The van der Waals surface area contributed by atoms with E-state index >= 15 is 0 Å². The first kappa shape index (κ1) is 12.7. The number of halogens is 1. The summed E-state index contributed by atoms with van der Waals surface area (Å²) in [6, 6.07) is 1.58. The van der Waals surface area contributed by atoms with Gasteiger partial charge in [-0.1, -0.05) is 20.8 Å². The first-order chi connectivity index (χ1) is 8.30. The quantitative estimate of drug-likeness (QED) is 0.901. The van der Waals surface area contributed by atoms with Crippen molar-refractivity contribution in [3.63, 3.8) is 0 Å². The highest BCUT2D eigenvalue weighted by atomic mass is 35.5. The fourth-order valence-corrected chi connectivity index (χ4v) is 1.73. The van der Waals surface area contributed by atoms with Crippen molar-refractivity contribution in [2.45, 2.75) is 26.2 Å². The van der Waals surface area contributed by atoms with E-state index in [1.165, 1.54) is 6.26 Å². The molecule has 2 aromatic heterocycles. The number of aromatic nitrogens is 1. The maximum absolute atomic E-state index is 11.1. The van der Waals surface area contributed by atoms with Crippen molar-refractivity contribution in [1.29, 1.82) is 0 Å². The monoisotopic (exact) mass is 269 g/mol. The molecule has 0 aliphatic heterocycles. The van der Waals surface area contributed by atoms with Gasteiger partial charge in [-0.3, -0.25) is 0 Å². The van der Waals surface area contributed by atoms with Gasteiger partial charge in [-0.05, 0) is 17.7 Å². The maximum Gasteiger partial charge on any atom is 0.373 e. The fourth-order valence-electron chi connectivity index (χ4n) is 1.53. The normalized spacial score (nSPS) is 11.8. The number of carboxylic acids is 1. The molecular weight excluding hydrogens is 258 g/mol. The summed E-state index contributed by atoms with van der Waals surface area (Å²) in [5.74, 6) is -1.18. The Kier molecular flexibility index (Phi) is 2.94. The van der Waals surface area contributed by atoms with Crippen LogP contribution in [0.2, 0.25) is 5.22 Å². The van der Waals surface area contributed by atoms with E-state index in [1.54, 1.807) is 6.07 Å². The van der Waals surface area contributed by atoms with Crippen LogP contribution in [0.5, 0.6) is 0 Å². The maximum atomic E-state index is 11.1. The van der Waals surface area contributed by atoms with E-state index in [1.807, 2.05) is 20.8 Å². The Morgan fingerprint density at radius 1 is 1.44 bits per heavy atom. The summed E-state index contributed by atoms with van der Waals surface area (Å²) in [6.45, 7) is 5.58. The summed E-state index contributed by atoms with van der Waals surface area (Å²) in [7, 11) is 0. The third kappa shape index (κ3) is 2.13. The number of hydrogen-bond donors (Lipinski definition) is 1. The lowest BCUT2D eigenvalue weighted by Gasteiger charge is -2.14. The van der Waals surface area contributed by atoms with Crippen molar-refractivity contribution >= 4 is 17.6 Å². The third-order valence-electron chi connectivity index (χ3n) is 2.38. The lowest BCUT2D eigenvalue weighted by Crippen LogP contribution is -2.16. The van der Waals surface area contributed by atoms with Crippen LogP contribution in [-0.2, 0) is 5.41 Å². The van der Waals surface area contributed by atoms with Gasteiger partial charge in [0.1, 0.15) is 5.69 Å². The van der Waals surface area contributed by atoms with Crippen molar-refractivity contribution in [2.75, 3.05) is 0 Å². The van der Waals surface area contributed by atoms with Gasteiger partial charge in [0.05, 0.1) is 11.8 Å². The van der Waals surface area contributed by atoms with Gasteiger partial charge in [-0.15, -0.1) is 0 Å². The molecule has 0 amide bonds. The van der Waals surface area contributed by atoms with Gasteiger partial charge in [0.2, 0.25) is 16.9 Å². The highest BCUT2D eigenvalue weighted by molar-refractivity contribution is 6.31. The molecule has 0 fully saturated rings. The van der Waals surface area contributed by atoms with E-state index in [2.05, 4.69) is 4.98 Å². The van der Waals surface area contributed by atoms with Crippen LogP contribution < -0.4 is 0 Å². The molecule has 18 heavy (non-hydrogen) atoms. The SMILES string of the molecule is CC(C)(C)c1nc(-c2ccoc2Cl)oc1C(=O)O. The highest BCUT2D eigenvalue weighted by Crippen LogP contribution is 2.33. The van der Waals surface area contributed by atoms with Gasteiger partial charge in [-0.25, -0.2) is 9.78 Å². The first-order valence-electron chi connectivity index (χ1n) is 5.28. The van der Waals surface area contributed by atoms with Crippen molar-refractivity contribution in [2.24, 2.45) is 0 Å². The number of carboxylic acid groups (broad SMARTS) is 1. The molecule has 0 bridgehead atoms. The van der Waals surface area contributed by atoms with Crippen LogP contribution in [0.3, 0.4) is 0 Å². The molecule has 2 heterocycles. The largest absolute Gasteiger partial charge is 0.475 e. The number of hydrogen-bond acceptors (Lipinski definition) is 4. The molecule has 0 saturated carbocycles. The molecule has 0 atom stereocenters. The zero-order valence-electron chi connectivity index (χ0n) is 10.2. The standard InChI is InChI=1S/C12H12ClNO4/c1-12(2,3)8-7(11(15)16)18-10(14-8)6-4-5-17-9(6)13/h4-5H,1-3H3,(H,15,16). The Bertz CT molecular complexity index is 591. The summed E-state index contributed by atoms with van der Waals surface area (Å²) >= 11 is 5.82. The van der Waals surface area contributed by atoms with E-state index in [9.17, 15) is 4.79 Å². The lowest BCUT2D eigenvalue weighted by molar-refractivity contribution is 0.0659. The zero-order chi connectivity index (χ0) is 13.5. The molecule has 0 spiro atoms. The Morgan fingerprint density at radius 2 is 2.11 bits per heavy atom. The van der Waals surface area contributed by atoms with E-state index in [4.69, 9.17) is 25.5 Å². The molecule has 2 aromatic rings. The summed E-state index contributed by atoms with van der Waals surface area (Å²) in [6.07, 6.45) is 1.39. The number of rotatable bonds is 2. The third-order valence-corrected chi connectivity index (χ3v) is 2.67. The first-order valence-corrected chi connectivity index (χ1v) is 5.66. The summed E-state index contributed by atoms with van der Waals surface area (Å²) in [4.78, 5) is 15.4. The molecule has 0 aliphatic carbocycles. The number of oxazole rings is 1. The van der Waals surface area contributed by atoms with Crippen LogP contribution >= 0.6 is 11.6 Å². The molecule has 1 N–H and O–H groups in total.